The van der Waals surface area contributed by atoms with E-state index in [0.717, 1.165) is 36.2 Å². The summed E-state index contributed by atoms with van der Waals surface area (Å²) in [6, 6.07) is 0. The van der Waals surface area contributed by atoms with Gasteiger partial charge in [-0.15, -0.1) is 0 Å². The molecule has 20 heavy (non-hydrogen) atoms. The lowest BCUT2D eigenvalue weighted by atomic mass is 9.95. The number of nitrogens with two attached hydrogens (primary N) is 1. The number of nitrogens with zero attached hydrogens (tertiary/aromatic N) is 2. The highest BCUT2D eigenvalue weighted by Crippen LogP contribution is 2.26. The summed E-state index contributed by atoms with van der Waals surface area (Å²) < 4.78 is 0. The predicted octanol–water partition coefficient (Wildman–Crippen LogP) is 3.37. The number of hydrogen-bond donors (Lipinski definition) is 2. The van der Waals surface area contributed by atoms with Crippen LogP contribution in [0.4, 0.5) is 5.95 Å². The van der Waals surface area contributed by atoms with E-state index in [9.17, 15) is 0 Å². The fourth-order valence-corrected chi connectivity index (χ4v) is 2.60. The zero-order chi connectivity index (χ0) is 13.8. The molecule has 0 unspecified atom stereocenters. The van der Waals surface area contributed by atoms with Crippen molar-refractivity contribution in [2.45, 2.75) is 38.5 Å². The molecule has 0 aliphatic heterocycles. The van der Waals surface area contributed by atoms with Crippen LogP contribution in [0.25, 0.3) is 5.57 Å². The summed E-state index contributed by atoms with van der Waals surface area (Å²) in [6.45, 7) is 0. The molecule has 3 N–H and O–H groups in total. The van der Waals surface area contributed by atoms with Gasteiger partial charge in [-0.25, -0.2) is 9.97 Å². The van der Waals surface area contributed by atoms with Gasteiger partial charge in [-0.2, -0.15) is 0 Å². The van der Waals surface area contributed by atoms with E-state index >= 15 is 0 Å². The Morgan fingerprint density at radius 2 is 1.85 bits per heavy atom. The summed E-state index contributed by atoms with van der Waals surface area (Å²) in [4.78, 5) is 8.80. The maximum Gasteiger partial charge on any atom is 0.227 e. The standard InChI is InChI=1S/C16H20N4/c17-14-7-4-8-15(9-14)20-16-18-10-13(11-19-16)12-5-2-1-3-6-12/h5,8-11H,1-4,6-7,17H2,(H,18,19,20). The second kappa shape index (κ2) is 5.90. The Kier molecular flexibility index (Phi) is 3.81. The lowest BCUT2D eigenvalue weighted by Crippen LogP contribution is -2.08. The van der Waals surface area contributed by atoms with E-state index < -0.39 is 0 Å². The van der Waals surface area contributed by atoms with Crippen LogP contribution in [0, 0.1) is 0 Å². The molecule has 0 aromatic carbocycles. The van der Waals surface area contributed by atoms with Gasteiger partial charge in [-0.05, 0) is 50.2 Å². The minimum atomic E-state index is 0.627. The SMILES string of the molecule is NC1=CC(Nc2ncc(C3=CCCCC3)cn2)=CCC1. The Bertz CT molecular complexity index is 567. The smallest absolute Gasteiger partial charge is 0.227 e. The van der Waals surface area contributed by atoms with Gasteiger partial charge in [0, 0.05) is 29.4 Å². The molecule has 0 bridgehead atoms. The molecule has 104 valence electrons. The van der Waals surface area contributed by atoms with Crippen LogP contribution < -0.4 is 11.1 Å². The minimum absolute atomic E-state index is 0.627. The first-order valence-corrected chi connectivity index (χ1v) is 7.26. The van der Waals surface area contributed by atoms with Crippen molar-refractivity contribution in [3.05, 3.63) is 47.6 Å². The number of aromatic nitrogens is 2. The van der Waals surface area contributed by atoms with E-state index in [0.29, 0.717) is 5.95 Å². The number of anilines is 1. The van der Waals surface area contributed by atoms with Crippen LogP contribution in [0.3, 0.4) is 0 Å². The quantitative estimate of drug-likeness (QED) is 0.882. The molecule has 2 aliphatic carbocycles. The van der Waals surface area contributed by atoms with E-state index in [1.54, 1.807) is 0 Å². The maximum atomic E-state index is 5.83. The highest BCUT2D eigenvalue weighted by Gasteiger charge is 2.08. The topological polar surface area (TPSA) is 63.8 Å². The minimum Gasteiger partial charge on any atom is -0.402 e. The van der Waals surface area contributed by atoms with Crippen molar-refractivity contribution in [2.24, 2.45) is 5.73 Å². The van der Waals surface area contributed by atoms with Crippen LogP contribution in [0.1, 0.15) is 44.1 Å². The summed E-state index contributed by atoms with van der Waals surface area (Å²) in [7, 11) is 0. The van der Waals surface area contributed by atoms with E-state index in [4.69, 9.17) is 5.73 Å². The van der Waals surface area contributed by atoms with E-state index in [1.165, 1.54) is 24.8 Å². The first-order chi connectivity index (χ1) is 9.81. The molecule has 0 atom stereocenters. The Morgan fingerprint density at radius 3 is 2.55 bits per heavy atom. The Hall–Kier alpha value is -2.10. The van der Waals surface area contributed by atoms with Gasteiger partial charge in [0.1, 0.15) is 0 Å². The van der Waals surface area contributed by atoms with Crippen molar-refractivity contribution in [3.63, 3.8) is 0 Å². The second-order valence-electron chi connectivity index (χ2n) is 5.31. The molecule has 0 fully saturated rings. The van der Waals surface area contributed by atoms with E-state index in [2.05, 4.69) is 27.4 Å². The fraction of sp³-hybridized carbons (Fsp3) is 0.375. The van der Waals surface area contributed by atoms with Gasteiger partial charge in [-0.3, -0.25) is 0 Å². The average Bonchev–Trinajstić information content (AvgIpc) is 2.49. The summed E-state index contributed by atoms with van der Waals surface area (Å²) >= 11 is 0. The van der Waals surface area contributed by atoms with Gasteiger partial charge in [0.05, 0.1) is 0 Å². The Labute approximate surface area is 119 Å². The maximum absolute atomic E-state index is 5.83. The summed E-state index contributed by atoms with van der Waals surface area (Å²) in [5.41, 5.74) is 10.2. The van der Waals surface area contributed by atoms with Crippen molar-refractivity contribution in [1.29, 1.82) is 0 Å². The van der Waals surface area contributed by atoms with Crippen molar-refractivity contribution in [2.75, 3.05) is 5.32 Å². The Morgan fingerprint density at radius 1 is 1.00 bits per heavy atom. The first-order valence-electron chi connectivity index (χ1n) is 7.26. The molecular weight excluding hydrogens is 248 g/mol. The van der Waals surface area contributed by atoms with E-state index in [-0.39, 0.29) is 0 Å². The number of hydrogen-bond acceptors (Lipinski definition) is 4. The summed E-state index contributed by atoms with van der Waals surface area (Å²) in [5, 5.41) is 3.20. The highest BCUT2D eigenvalue weighted by molar-refractivity contribution is 5.65. The molecule has 3 rings (SSSR count). The van der Waals surface area contributed by atoms with Gasteiger partial charge in [0.25, 0.3) is 0 Å². The molecule has 0 spiro atoms. The van der Waals surface area contributed by atoms with Crippen LogP contribution in [0.15, 0.2) is 42.0 Å². The number of allylic oxidation sites excluding steroid dienone is 5. The normalized spacial score (nSPS) is 18.9. The third-order valence-electron chi connectivity index (χ3n) is 3.71. The largest absolute Gasteiger partial charge is 0.402 e. The zero-order valence-corrected chi connectivity index (χ0v) is 11.6. The third-order valence-corrected chi connectivity index (χ3v) is 3.71. The highest BCUT2D eigenvalue weighted by atomic mass is 15.1. The van der Waals surface area contributed by atoms with Gasteiger partial charge in [0.2, 0.25) is 5.95 Å². The third kappa shape index (κ3) is 3.07. The van der Waals surface area contributed by atoms with Crippen LogP contribution in [0.5, 0.6) is 0 Å². The van der Waals surface area contributed by atoms with Gasteiger partial charge in [-0.1, -0.05) is 12.2 Å². The molecule has 4 heteroatoms. The van der Waals surface area contributed by atoms with Gasteiger partial charge in [0.15, 0.2) is 0 Å². The molecule has 0 saturated heterocycles. The monoisotopic (exact) mass is 268 g/mol. The fourth-order valence-electron chi connectivity index (χ4n) is 2.60. The average molecular weight is 268 g/mol. The van der Waals surface area contributed by atoms with Crippen molar-refractivity contribution in [1.82, 2.24) is 9.97 Å². The second-order valence-corrected chi connectivity index (χ2v) is 5.31. The molecule has 0 saturated carbocycles. The molecule has 1 heterocycles. The van der Waals surface area contributed by atoms with Gasteiger partial charge < -0.3 is 11.1 Å². The van der Waals surface area contributed by atoms with E-state index in [1.807, 2.05) is 18.5 Å². The van der Waals surface area contributed by atoms with Crippen LogP contribution in [0.2, 0.25) is 0 Å². The summed E-state index contributed by atoms with van der Waals surface area (Å²) in [6.07, 6.45) is 17.0. The molecule has 4 nitrogen and oxygen atoms in total. The van der Waals surface area contributed by atoms with Crippen LogP contribution in [-0.2, 0) is 0 Å². The van der Waals surface area contributed by atoms with Crippen molar-refractivity contribution < 1.29 is 0 Å². The molecule has 2 aliphatic rings. The molecular formula is C16H20N4. The van der Waals surface area contributed by atoms with Gasteiger partial charge >= 0.3 is 0 Å². The molecule has 0 amide bonds. The lowest BCUT2D eigenvalue weighted by molar-refractivity contribution is 0.741. The van der Waals surface area contributed by atoms with Crippen LogP contribution in [-0.4, -0.2) is 9.97 Å². The predicted molar refractivity (Wildman–Crippen MR) is 81.7 cm³/mol. The zero-order valence-electron chi connectivity index (χ0n) is 11.6. The lowest BCUT2D eigenvalue weighted by Gasteiger charge is -2.14. The summed E-state index contributed by atoms with van der Waals surface area (Å²) in [5.74, 6) is 0.627. The molecule has 1 aromatic rings. The number of rotatable bonds is 3. The Balaban J connectivity index is 1.70. The van der Waals surface area contributed by atoms with Crippen molar-refractivity contribution in [3.8, 4) is 0 Å². The first kappa shape index (κ1) is 12.9. The van der Waals surface area contributed by atoms with Crippen LogP contribution >= 0.6 is 0 Å². The molecule has 0 radical (unpaired) electrons. The molecule has 1 aromatic heterocycles. The van der Waals surface area contributed by atoms with Crippen molar-refractivity contribution >= 4 is 11.5 Å². The number of nitrogens with one attached hydrogen (secondary N) is 1.